The summed E-state index contributed by atoms with van der Waals surface area (Å²) in [6.07, 6.45) is 1.41. The largest absolute Gasteiger partial charge is 0.508 e. The number of phenolic OH excluding ortho intramolecular Hbond substituents is 1. The molecule has 5 heteroatoms. The number of carbonyl (C=O) groups excluding carboxylic acids is 1. The van der Waals surface area contributed by atoms with E-state index in [0.29, 0.717) is 5.56 Å². The number of nitrogens with zero attached hydrogens (tertiary/aromatic N) is 1. The van der Waals surface area contributed by atoms with Gasteiger partial charge in [-0.05, 0) is 36.2 Å². The summed E-state index contributed by atoms with van der Waals surface area (Å²) >= 11 is 0. The van der Waals surface area contributed by atoms with Gasteiger partial charge in [-0.15, -0.1) is 0 Å². The number of rotatable bonds is 4. The van der Waals surface area contributed by atoms with E-state index in [-0.39, 0.29) is 17.7 Å². The van der Waals surface area contributed by atoms with E-state index in [1.807, 2.05) is 6.07 Å². The first-order valence-electron chi connectivity index (χ1n) is 5.44. The van der Waals surface area contributed by atoms with Crippen LogP contribution >= 0.6 is 0 Å². The van der Waals surface area contributed by atoms with Crippen LogP contribution < -0.4 is 11.5 Å². The van der Waals surface area contributed by atoms with Gasteiger partial charge in [0.25, 0.3) is 0 Å². The highest BCUT2D eigenvalue weighted by Crippen LogP contribution is 2.18. The van der Waals surface area contributed by atoms with Crippen molar-refractivity contribution in [2.24, 2.45) is 11.5 Å². The first-order valence-corrected chi connectivity index (χ1v) is 5.44. The Labute approximate surface area is 105 Å². The molecule has 0 aromatic heterocycles. The SMILES string of the molecule is CCC(N)(N)C(=O)C=C(C#N)c1ccc(O)cc1. The molecule has 0 radical (unpaired) electrons. The molecule has 94 valence electrons. The fourth-order valence-electron chi connectivity index (χ4n) is 1.26. The van der Waals surface area contributed by atoms with Crippen LogP contribution in [-0.2, 0) is 4.79 Å². The summed E-state index contributed by atoms with van der Waals surface area (Å²) in [4.78, 5) is 11.8. The van der Waals surface area contributed by atoms with E-state index < -0.39 is 11.4 Å². The number of nitriles is 1. The van der Waals surface area contributed by atoms with E-state index in [1.54, 1.807) is 19.1 Å². The molecule has 0 amide bonds. The molecule has 0 aliphatic carbocycles. The van der Waals surface area contributed by atoms with Crippen molar-refractivity contribution in [3.63, 3.8) is 0 Å². The highest BCUT2D eigenvalue weighted by atomic mass is 16.3. The molecule has 1 aromatic rings. The monoisotopic (exact) mass is 245 g/mol. The molecule has 18 heavy (non-hydrogen) atoms. The van der Waals surface area contributed by atoms with Gasteiger partial charge in [0.05, 0.1) is 11.6 Å². The van der Waals surface area contributed by atoms with Crippen LogP contribution in [0, 0.1) is 11.3 Å². The van der Waals surface area contributed by atoms with Gasteiger partial charge in [-0.1, -0.05) is 6.92 Å². The smallest absolute Gasteiger partial charge is 0.191 e. The summed E-state index contributed by atoms with van der Waals surface area (Å²) in [6, 6.07) is 7.86. The van der Waals surface area contributed by atoms with Crippen LogP contribution in [0.3, 0.4) is 0 Å². The van der Waals surface area contributed by atoms with Crippen molar-refractivity contribution in [2.75, 3.05) is 0 Å². The molecule has 1 rings (SSSR count). The second-order valence-corrected chi connectivity index (χ2v) is 3.97. The van der Waals surface area contributed by atoms with Crippen LogP contribution in [0.2, 0.25) is 0 Å². The Balaban J connectivity index is 3.09. The Morgan fingerprint density at radius 3 is 2.44 bits per heavy atom. The van der Waals surface area contributed by atoms with Crippen LogP contribution in [0.15, 0.2) is 30.3 Å². The molecule has 0 unspecified atom stereocenters. The summed E-state index contributed by atoms with van der Waals surface area (Å²) in [5, 5.41) is 18.2. The van der Waals surface area contributed by atoms with E-state index >= 15 is 0 Å². The van der Waals surface area contributed by atoms with E-state index in [9.17, 15) is 4.79 Å². The lowest BCUT2D eigenvalue weighted by atomic mass is 9.99. The first-order chi connectivity index (χ1) is 8.40. The van der Waals surface area contributed by atoms with Crippen LogP contribution in [0.4, 0.5) is 0 Å². The zero-order valence-corrected chi connectivity index (χ0v) is 10.1. The van der Waals surface area contributed by atoms with E-state index in [2.05, 4.69) is 0 Å². The first kappa shape index (κ1) is 13.9. The molecule has 5 nitrogen and oxygen atoms in total. The zero-order chi connectivity index (χ0) is 13.8. The summed E-state index contributed by atoms with van der Waals surface area (Å²) in [6.45, 7) is 1.69. The third-order valence-corrected chi connectivity index (χ3v) is 2.62. The second kappa shape index (κ2) is 5.45. The summed E-state index contributed by atoms with van der Waals surface area (Å²) in [5.74, 6) is -0.419. The summed E-state index contributed by atoms with van der Waals surface area (Å²) in [7, 11) is 0. The number of ketones is 1. The topological polar surface area (TPSA) is 113 Å². The molecular formula is C13H15N3O2. The molecular weight excluding hydrogens is 230 g/mol. The molecule has 0 bridgehead atoms. The lowest BCUT2D eigenvalue weighted by molar-refractivity contribution is -0.119. The van der Waals surface area contributed by atoms with Gasteiger partial charge in [0.1, 0.15) is 11.4 Å². The van der Waals surface area contributed by atoms with Crippen molar-refractivity contribution in [2.45, 2.75) is 19.0 Å². The molecule has 1 aromatic carbocycles. The Bertz CT molecular complexity index is 510. The maximum Gasteiger partial charge on any atom is 0.191 e. The Kier molecular flexibility index (Phi) is 4.21. The van der Waals surface area contributed by atoms with E-state index in [4.69, 9.17) is 21.8 Å². The molecule has 0 fully saturated rings. The fraction of sp³-hybridized carbons (Fsp3) is 0.231. The average Bonchev–Trinajstić information content (AvgIpc) is 2.36. The standard InChI is InChI=1S/C13H15N3O2/c1-2-13(15,16)12(18)7-10(8-14)9-3-5-11(17)6-4-9/h3-7,17H,2,15-16H2,1H3. The minimum Gasteiger partial charge on any atom is -0.508 e. The van der Waals surface area contributed by atoms with Crippen molar-refractivity contribution >= 4 is 11.4 Å². The van der Waals surface area contributed by atoms with Gasteiger partial charge in [0, 0.05) is 6.08 Å². The molecule has 0 saturated carbocycles. The summed E-state index contributed by atoms with van der Waals surface area (Å²) in [5.41, 5.74) is 10.4. The maximum atomic E-state index is 11.8. The average molecular weight is 245 g/mol. The number of allylic oxidation sites excluding steroid dienone is 1. The van der Waals surface area contributed by atoms with E-state index in [0.717, 1.165) is 6.08 Å². The van der Waals surface area contributed by atoms with Gasteiger partial charge in [-0.25, -0.2) is 0 Å². The van der Waals surface area contributed by atoms with Crippen LogP contribution in [0.25, 0.3) is 5.57 Å². The van der Waals surface area contributed by atoms with Crippen LogP contribution in [0.5, 0.6) is 5.75 Å². The van der Waals surface area contributed by atoms with Gasteiger partial charge in [0.15, 0.2) is 5.78 Å². The number of aromatic hydroxyl groups is 1. The number of hydrogen-bond donors (Lipinski definition) is 3. The van der Waals surface area contributed by atoms with Crippen LogP contribution in [0.1, 0.15) is 18.9 Å². The van der Waals surface area contributed by atoms with Gasteiger partial charge in [-0.2, -0.15) is 5.26 Å². The predicted octanol–water partition coefficient (Wildman–Crippen LogP) is 0.892. The molecule has 5 N–H and O–H groups in total. The fourth-order valence-corrected chi connectivity index (χ4v) is 1.26. The van der Waals surface area contributed by atoms with Crippen molar-refractivity contribution in [1.29, 1.82) is 5.26 Å². The van der Waals surface area contributed by atoms with E-state index in [1.165, 1.54) is 12.1 Å². The van der Waals surface area contributed by atoms with Gasteiger partial charge >= 0.3 is 0 Å². The van der Waals surface area contributed by atoms with Crippen LogP contribution in [-0.4, -0.2) is 16.6 Å². The second-order valence-electron chi connectivity index (χ2n) is 3.97. The number of benzene rings is 1. The Morgan fingerprint density at radius 2 is 2.00 bits per heavy atom. The molecule has 0 aliphatic heterocycles. The molecule has 0 heterocycles. The third-order valence-electron chi connectivity index (χ3n) is 2.62. The highest BCUT2D eigenvalue weighted by molar-refractivity contribution is 6.04. The normalized spacial score (nSPS) is 12.0. The van der Waals surface area contributed by atoms with Gasteiger partial charge in [0.2, 0.25) is 0 Å². The number of hydrogen-bond acceptors (Lipinski definition) is 5. The molecule has 0 atom stereocenters. The Hall–Kier alpha value is -2.16. The number of phenols is 1. The van der Waals surface area contributed by atoms with Crippen molar-refractivity contribution in [3.8, 4) is 11.8 Å². The predicted molar refractivity (Wildman–Crippen MR) is 68.1 cm³/mol. The quantitative estimate of drug-likeness (QED) is 0.414. The van der Waals surface area contributed by atoms with Gasteiger partial charge < -0.3 is 16.6 Å². The van der Waals surface area contributed by atoms with Crippen molar-refractivity contribution < 1.29 is 9.90 Å². The number of nitrogens with two attached hydrogens (primary N) is 2. The lowest BCUT2D eigenvalue weighted by Crippen LogP contribution is -2.55. The molecule has 0 spiro atoms. The van der Waals surface area contributed by atoms with Crippen molar-refractivity contribution in [1.82, 2.24) is 0 Å². The molecule has 0 saturated heterocycles. The maximum absolute atomic E-state index is 11.8. The third kappa shape index (κ3) is 3.17. The zero-order valence-electron chi connectivity index (χ0n) is 10.1. The molecule has 0 aliphatic rings. The minimum absolute atomic E-state index is 0.0860. The highest BCUT2D eigenvalue weighted by Gasteiger charge is 2.25. The number of carbonyl (C=O) groups is 1. The minimum atomic E-state index is -1.46. The Morgan fingerprint density at radius 1 is 1.44 bits per heavy atom. The van der Waals surface area contributed by atoms with Crippen molar-refractivity contribution in [3.05, 3.63) is 35.9 Å². The lowest BCUT2D eigenvalue weighted by Gasteiger charge is -2.18. The van der Waals surface area contributed by atoms with Gasteiger partial charge in [-0.3, -0.25) is 4.79 Å². The summed E-state index contributed by atoms with van der Waals surface area (Å²) < 4.78 is 0.